The molecule has 0 amide bonds. The quantitative estimate of drug-likeness (QED) is 0.285. The van der Waals surface area contributed by atoms with Crippen LogP contribution in [0.2, 0.25) is 0 Å². The molecule has 8 atom stereocenters. The van der Waals surface area contributed by atoms with Gasteiger partial charge in [-0.2, -0.15) is 5.26 Å². The Morgan fingerprint density at radius 2 is 1.59 bits per heavy atom. The predicted octanol–water partition coefficient (Wildman–Crippen LogP) is 7.83. The van der Waals surface area contributed by atoms with Crippen molar-refractivity contribution in [3.8, 4) is 6.07 Å². The number of hydrogen-bond donors (Lipinski definition) is 0. The zero-order chi connectivity index (χ0) is 22.6. The number of fused-ring (bicyclic) bond motifs is 5. The van der Waals surface area contributed by atoms with E-state index in [9.17, 15) is 10.1 Å². The minimum Gasteiger partial charge on any atom is -0.462 e. The first-order chi connectivity index (χ1) is 15.6. The minimum atomic E-state index is -0.0248. The first-order valence-electron chi connectivity index (χ1n) is 14.2. The van der Waals surface area contributed by atoms with Crippen LogP contribution in [-0.4, -0.2) is 12.1 Å². The molecular formula is C29H47NO2. The Hall–Kier alpha value is -1.04. The second kappa shape index (κ2) is 10.9. The van der Waals surface area contributed by atoms with Gasteiger partial charge in [0.15, 0.2) is 0 Å². The Morgan fingerprint density at radius 3 is 2.38 bits per heavy atom. The largest absolute Gasteiger partial charge is 0.462 e. The number of nitriles is 1. The SMILES string of the molecule is CCCCC[C@]1(C#N)CCC2C(CCC3C2CCC2C3CCC[C@@H]2OC(=O)CCCC)C1. The number of carbonyl (C=O) groups is 1. The van der Waals surface area contributed by atoms with Gasteiger partial charge < -0.3 is 4.74 Å². The molecule has 32 heavy (non-hydrogen) atoms. The second-order valence-electron chi connectivity index (χ2n) is 11.9. The lowest BCUT2D eigenvalue weighted by atomic mass is 9.49. The Labute approximate surface area is 197 Å². The monoisotopic (exact) mass is 441 g/mol. The molecule has 4 aliphatic rings. The third-order valence-corrected chi connectivity index (χ3v) is 10.1. The van der Waals surface area contributed by atoms with E-state index in [1.54, 1.807) is 0 Å². The van der Waals surface area contributed by atoms with Crippen molar-refractivity contribution >= 4 is 5.97 Å². The molecule has 0 bridgehead atoms. The highest BCUT2D eigenvalue weighted by Crippen LogP contribution is 2.60. The fourth-order valence-electron chi connectivity index (χ4n) is 8.58. The van der Waals surface area contributed by atoms with Crippen LogP contribution in [0.25, 0.3) is 0 Å². The number of carbonyl (C=O) groups excluding carboxylic acids is 1. The first kappa shape index (κ1) is 24.1. The molecule has 0 aromatic rings. The van der Waals surface area contributed by atoms with Crippen molar-refractivity contribution in [2.45, 2.75) is 129 Å². The maximum atomic E-state index is 12.4. The van der Waals surface area contributed by atoms with Gasteiger partial charge in [0.05, 0.1) is 11.5 Å². The van der Waals surface area contributed by atoms with E-state index in [1.165, 1.54) is 70.6 Å². The predicted molar refractivity (Wildman–Crippen MR) is 129 cm³/mol. The number of rotatable bonds is 8. The summed E-state index contributed by atoms with van der Waals surface area (Å²) in [6.45, 7) is 4.40. The van der Waals surface area contributed by atoms with Crippen LogP contribution in [0, 0.1) is 52.3 Å². The molecule has 0 aliphatic heterocycles. The van der Waals surface area contributed by atoms with Gasteiger partial charge in [-0.15, -0.1) is 0 Å². The van der Waals surface area contributed by atoms with Gasteiger partial charge in [0.1, 0.15) is 6.10 Å². The van der Waals surface area contributed by atoms with Crippen molar-refractivity contribution in [3.63, 3.8) is 0 Å². The van der Waals surface area contributed by atoms with Crippen molar-refractivity contribution in [1.82, 2.24) is 0 Å². The molecule has 0 radical (unpaired) electrons. The summed E-state index contributed by atoms with van der Waals surface area (Å²) < 4.78 is 6.06. The molecule has 0 aromatic carbocycles. The standard InChI is InChI=1S/C29H47NO2/c1-3-5-7-17-29(20-30)18-16-22-21(19-29)12-13-25-23-9-8-10-27(26(23)15-14-24(22)25)32-28(31)11-6-4-2/h21-27H,3-19H2,1-2H3/t21?,22?,23?,24?,25?,26?,27-,29-/m0/s1. The summed E-state index contributed by atoms with van der Waals surface area (Å²) in [6, 6.07) is 2.82. The van der Waals surface area contributed by atoms with E-state index < -0.39 is 0 Å². The fraction of sp³-hybridized carbons (Fsp3) is 0.931. The van der Waals surface area contributed by atoms with Gasteiger partial charge in [0.2, 0.25) is 0 Å². The fourth-order valence-corrected chi connectivity index (χ4v) is 8.58. The third-order valence-electron chi connectivity index (χ3n) is 10.1. The van der Waals surface area contributed by atoms with Gasteiger partial charge in [-0.1, -0.05) is 39.5 Å². The molecule has 0 saturated heterocycles. The van der Waals surface area contributed by atoms with E-state index in [4.69, 9.17) is 4.74 Å². The number of esters is 1. The normalized spacial score (nSPS) is 41.0. The average Bonchev–Trinajstić information content (AvgIpc) is 2.82. The van der Waals surface area contributed by atoms with Gasteiger partial charge in [0.25, 0.3) is 0 Å². The van der Waals surface area contributed by atoms with Gasteiger partial charge >= 0.3 is 5.97 Å². The molecule has 6 unspecified atom stereocenters. The van der Waals surface area contributed by atoms with E-state index in [2.05, 4.69) is 19.9 Å². The summed E-state index contributed by atoms with van der Waals surface area (Å²) >= 11 is 0. The summed E-state index contributed by atoms with van der Waals surface area (Å²) in [7, 11) is 0. The van der Waals surface area contributed by atoms with Crippen LogP contribution in [0.5, 0.6) is 0 Å². The molecule has 0 heterocycles. The molecular weight excluding hydrogens is 394 g/mol. The Morgan fingerprint density at radius 1 is 0.875 bits per heavy atom. The molecule has 0 N–H and O–H groups in total. The Kier molecular flexibility index (Phi) is 8.23. The van der Waals surface area contributed by atoms with Crippen LogP contribution in [0.4, 0.5) is 0 Å². The smallest absolute Gasteiger partial charge is 0.306 e. The van der Waals surface area contributed by atoms with E-state index in [0.717, 1.165) is 61.7 Å². The zero-order valence-corrected chi connectivity index (χ0v) is 20.8. The van der Waals surface area contributed by atoms with Crippen molar-refractivity contribution in [2.24, 2.45) is 40.9 Å². The van der Waals surface area contributed by atoms with Crippen LogP contribution >= 0.6 is 0 Å². The van der Waals surface area contributed by atoms with E-state index in [1.807, 2.05) is 0 Å². The zero-order valence-electron chi connectivity index (χ0n) is 20.8. The van der Waals surface area contributed by atoms with E-state index >= 15 is 0 Å². The number of nitrogens with zero attached hydrogens (tertiary/aromatic N) is 1. The summed E-state index contributed by atoms with van der Waals surface area (Å²) in [5, 5.41) is 10.1. The van der Waals surface area contributed by atoms with Crippen LogP contribution in [0.3, 0.4) is 0 Å². The van der Waals surface area contributed by atoms with Gasteiger partial charge in [-0.3, -0.25) is 4.79 Å². The second-order valence-corrected chi connectivity index (χ2v) is 11.9. The van der Waals surface area contributed by atoms with Crippen molar-refractivity contribution in [1.29, 1.82) is 5.26 Å². The van der Waals surface area contributed by atoms with Crippen molar-refractivity contribution in [2.75, 3.05) is 0 Å². The number of ether oxygens (including phenoxy) is 1. The lowest BCUT2D eigenvalue weighted by Crippen LogP contribution is -2.50. The minimum absolute atomic E-state index is 0.0248. The summed E-state index contributed by atoms with van der Waals surface area (Å²) in [4.78, 5) is 12.4. The summed E-state index contributed by atoms with van der Waals surface area (Å²) in [6.07, 6.45) is 20.3. The van der Waals surface area contributed by atoms with Crippen LogP contribution in [0.1, 0.15) is 123 Å². The first-order valence-corrected chi connectivity index (χ1v) is 14.2. The van der Waals surface area contributed by atoms with Crippen LogP contribution in [0.15, 0.2) is 0 Å². The molecule has 0 spiro atoms. The van der Waals surface area contributed by atoms with E-state index in [-0.39, 0.29) is 17.5 Å². The highest BCUT2D eigenvalue weighted by molar-refractivity contribution is 5.69. The van der Waals surface area contributed by atoms with E-state index in [0.29, 0.717) is 12.3 Å². The molecule has 4 saturated carbocycles. The van der Waals surface area contributed by atoms with Crippen LogP contribution < -0.4 is 0 Å². The number of unbranched alkanes of at least 4 members (excludes halogenated alkanes) is 3. The Bertz CT molecular complexity index is 669. The molecule has 3 nitrogen and oxygen atoms in total. The summed E-state index contributed by atoms with van der Waals surface area (Å²) in [5.74, 6) is 4.80. The van der Waals surface area contributed by atoms with Gasteiger partial charge in [0, 0.05) is 6.42 Å². The molecule has 4 aliphatic carbocycles. The van der Waals surface area contributed by atoms with Gasteiger partial charge in [-0.05, 0) is 113 Å². The molecule has 180 valence electrons. The summed E-state index contributed by atoms with van der Waals surface area (Å²) in [5.41, 5.74) is -0.0248. The lowest BCUT2D eigenvalue weighted by molar-refractivity contribution is -0.161. The van der Waals surface area contributed by atoms with Crippen LogP contribution in [-0.2, 0) is 9.53 Å². The highest BCUT2D eigenvalue weighted by Gasteiger charge is 2.53. The molecule has 3 heteroatoms. The lowest BCUT2D eigenvalue weighted by Gasteiger charge is -2.56. The van der Waals surface area contributed by atoms with Gasteiger partial charge in [-0.25, -0.2) is 0 Å². The van der Waals surface area contributed by atoms with Crippen molar-refractivity contribution < 1.29 is 9.53 Å². The Balaban J connectivity index is 1.38. The molecule has 4 fully saturated rings. The third kappa shape index (κ3) is 5.05. The molecule has 4 rings (SSSR count). The number of hydrogen-bond acceptors (Lipinski definition) is 3. The maximum absolute atomic E-state index is 12.4. The maximum Gasteiger partial charge on any atom is 0.306 e. The topological polar surface area (TPSA) is 50.1 Å². The highest BCUT2D eigenvalue weighted by atomic mass is 16.5. The van der Waals surface area contributed by atoms with Crippen molar-refractivity contribution in [3.05, 3.63) is 0 Å². The molecule has 0 aromatic heterocycles. The average molecular weight is 442 g/mol.